The Morgan fingerprint density at radius 2 is 1.80 bits per heavy atom. The first-order valence-electron chi connectivity index (χ1n) is 4.34. The van der Waals surface area contributed by atoms with E-state index in [1.807, 2.05) is 0 Å². The molecule has 0 atom stereocenters. The summed E-state index contributed by atoms with van der Waals surface area (Å²) in [6, 6.07) is 9.25. The second-order valence-corrected chi connectivity index (χ2v) is 3.54. The van der Waals surface area contributed by atoms with Gasteiger partial charge in [0.2, 0.25) is 0 Å². The number of halogens is 2. The van der Waals surface area contributed by atoms with Crippen molar-refractivity contribution in [3.63, 3.8) is 0 Å². The van der Waals surface area contributed by atoms with E-state index in [9.17, 15) is 4.39 Å². The third-order valence-electron chi connectivity index (χ3n) is 1.95. The Balaban J connectivity index is 2.49. The summed E-state index contributed by atoms with van der Waals surface area (Å²) in [4.78, 5) is 4.10. The summed E-state index contributed by atoms with van der Waals surface area (Å²) >= 11 is 5.84. The number of anilines is 1. The summed E-state index contributed by atoms with van der Waals surface area (Å²) in [5.74, 6) is 0.0653. The number of benzene rings is 1. The minimum atomic E-state index is -0.284. The molecule has 2 rings (SSSR count). The summed E-state index contributed by atoms with van der Waals surface area (Å²) in [6.07, 6.45) is 0. The zero-order valence-corrected chi connectivity index (χ0v) is 8.50. The van der Waals surface area contributed by atoms with Gasteiger partial charge < -0.3 is 5.73 Å². The standard InChI is InChI=1S/C11H8ClFN2/c12-8-5-10(15-11(14)6-8)7-1-3-9(13)4-2-7/h1-6H,(H2,14,15). The Kier molecular flexibility index (Phi) is 2.56. The van der Waals surface area contributed by atoms with Gasteiger partial charge >= 0.3 is 0 Å². The van der Waals surface area contributed by atoms with Crippen LogP contribution >= 0.6 is 11.6 Å². The van der Waals surface area contributed by atoms with E-state index in [2.05, 4.69) is 4.98 Å². The second kappa shape index (κ2) is 3.87. The van der Waals surface area contributed by atoms with Gasteiger partial charge in [0, 0.05) is 10.6 Å². The van der Waals surface area contributed by atoms with Crippen molar-refractivity contribution in [3.05, 3.63) is 47.2 Å². The number of hydrogen-bond donors (Lipinski definition) is 1. The lowest BCUT2D eigenvalue weighted by molar-refractivity contribution is 0.628. The molecule has 2 nitrogen and oxygen atoms in total. The molecule has 1 aromatic heterocycles. The van der Waals surface area contributed by atoms with Crippen LogP contribution in [0.5, 0.6) is 0 Å². The van der Waals surface area contributed by atoms with Crippen LogP contribution in [0.4, 0.5) is 10.2 Å². The fraction of sp³-hybridized carbons (Fsp3) is 0. The van der Waals surface area contributed by atoms with Crippen molar-refractivity contribution in [1.29, 1.82) is 0 Å². The lowest BCUT2D eigenvalue weighted by atomic mass is 10.1. The Labute approximate surface area is 91.5 Å². The van der Waals surface area contributed by atoms with Gasteiger partial charge in [0.25, 0.3) is 0 Å². The smallest absolute Gasteiger partial charge is 0.125 e. The zero-order chi connectivity index (χ0) is 10.8. The van der Waals surface area contributed by atoms with E-state index >= 15 is 0 Å². The predicted octanol–water partition coefficient (Wildman–Crippen LogP) is 3.12. The molecule has 0 unspecified atom stereocenters. The van der Waals surface area contributed by atoms with Crippen molar-refractivity contribution in [1.82, 2.24) is 4.98 Å². The van der Waals surface area contributed by atoms with Gasteiger partial charge in [-0.2, -0.15) is 0 Å². The molecule has 0 amide bonds. The third-order valence-corrected chi connectivity index (χ3v) is 2.17. The highest BCUT2D eigenvalue weighted by atomic mass is 35.5. The molecule has 0 aliphatic rings. The first-order chi connectivity index (χ1) is 7.15. The normalized spacial score (nSPS) is 10.3. The van der Waals surface area contributed by atoms with Crippen LogP contribution in [-0.2, 0) is 0 Å². The molecule has 0 bridgehead atoms. The van der Waals surface area contributed by atoms with Crippen molar-refractivity contribution >= 4 is 17.4 Å². The zero-order valence-electron chi connectivity index (χ0n) is 7.74. The van der Waals surface area contributed by atoms with Gasteiger partial charge in [0.15, 0.2) is 0 Å². The molecule has 0 spiro atoms. The molecule has 1 aromatic carbocycles. The van der Waals surface area contributed by atoms with Crippen LogP contribution in [0.2, 0.25) is 5.02 Å². The SMILES string of the molecule is Nc1cc(Cl)cc(-c2ccc(F)cc2)n1. The minimum absolute atomic E-state index is 0.284. The fourth-order valence-corrected chi connectivity index (χ4v) is 1.50. The fourth-order valence-electron chi connectivity index (χ4n) is 1.29. The maximum Gasteiger partial charge on any atom is 0.125 e. The molecule has 0 aliphatic carbocycles. The summed E-state index contributed by atoms with van der Waals surface area (Å²) in [5, 5.41) is 0.516. The Morgan fingerprint density at radius 3 is 2.40 bits per heavy atom. The first kappa shape index (κ1) is 9.93. The van der Waals surface area contributed by atoms with Crippen molar-refractivity contribution in [2.24, 2.45) is 0 Å². The molecule has 1 heterocycles. The Morgan fingerprint density at radius 1 is 1.13 bits per heavy atom. The molecule has 0 radical (unpaired) electrons. The highest BCUT2D eigenvalue weighted by molar-refractivity contribution is 6.31. The second-order valence-electron chi connectivity index (χ2n) is 3.10. The molecule has 15 heavy (non-hydrogen) atoms. The van der Waals surface area contributed by atoms with E-state index in [0.29, 0.717) is 16.5 Å². The van der Waals surface area contributed by atoms with Crippen molar-refractivity contribution in [3.8, 4) is 11.3 Å². The lowest BCUT2D eigenvalue weighted by Crippen LogP contribution is -1.92. The third kappa shape index (κ3) is 2.25. The van der Waals surface area contributed by atoms with Crippen LogP contribution < -0.4 is 5.73 Å². The Bertz CT molecular complexity index is 462. The number of hydrogen-bond acceptors (Lipinski definition) is 2. The topological polar surface area (TPSA) is 38.9 Å². The van der Waals surface area contributed by atoms with Crippen LogP contribution in [0.1, 0.15) is 0 Å². The van der Waals surface area contributed by atoms with E-state index in [1.54, 1.807) is 24.3 Å². The van der Waals surface area contributed by atoms with Gasteiger partial charge in [-0.05, 0) is 36.4 Å². The summed E-state index contributed by atoms with van der Waals surface area (Å²) < 4.78 is 12.7. The Hall–Kier alpha value is -1.61. The monoisotopic (exact) mass is 222 g/mol. The van der Waals surface area contributed by atoms with Gasteiger partial charge in [0.1, 0.15) is 11.6 Å². The van der Waals surface area contributed by atoms with Crippen LogP contribution in [0.15, 0.2) is 36.4 Å². The molecule has 0 saturated heterocycles. The number of nitrogens with two attached hydrogens (primary N) is 1. The van der Waals surface area contributed by atoms with Crippen molar-refractivity contribution < 1.29 is 4.39 Å². The maximum absolute atomic E-state index is 12.7. The van der Waals surface area contributed by atoms with E-state index in [-0.39, 0.29) is 5.82 Å². The van der Waals surface area contributed by atoms with Gasteiger partial charge in [-0.15, -0.1) is 0 Å². The van der Waals surface area contributed by atoms with E-state index in [4.69, 9.17) is 17.3 Å². The maximum atomic E-state index is 12.7. The number of rotatable bonds is 1. The molecule has 0 aliphatic heterocycles. The van der Waals surface area contributed by atoms with Crippen molar-refractivity contribution in [2.45, 2.75) is 0 Å². The first-order valence-corrected chi connectivity index (χ1v) is 4.72. The van der Waals surface area contributed by atoms with E-state index < -0.39 is 0 Å². The van der Waals surface area contributed by atoms with Crippen LogP contribution in [-0.4, -0.2) is 4.98 Å². The summed E-state index contributed by atoms with van der Waals surface area (Å²) in [5.41, 5.74) is 6.98. The molecular formula is C11H8ClFN2. The average molecular weight is 223 g/mol. The molecule has 0 saturated carbocycles. The van der Waals surface area contributed by atoms with Gasteiger partial charge in [-0.1, -0.05) is 11.6 Å². The molecule has 0 fully saturated rings. The number of pyridine rings is 1. The van der Waals surface area contributed by atoms with E-state index in [0.717, 1.165) is 5.56 Å². The molecular weight excluding hydrogens is 215 g/mol. The van der Waals surface area contributed by atoms with E-state index in [1.165, 1.54) is 12.1 Å². The number of aromatic nitrogens is 1. The summed E-state index contributed by atoms with van der Waals surface area (Å²) in [6.45, 7) is 0. The van der Waals surface area contributed by atoms with Crippen LogP contribution in [0.3, 0.4) is 0 Å². The molecule has 2 aromatic rings. The van der Waals surface area contributed by atoms with Gasteiger partial charge in [-0.3, -0.25) is 0 Å². The molecule has 4 heteroatoms. The predicted molar refractivity (Wildman–Crippen MR) is 59.1 cm³/mol. The largest absolute Gasteiger partial charge is 0.384 e. The van der Waals surface area contributed by atoms with Gasteiger partial charge in [0.05, 0.1) is 5.69 Å². The number of nitrogen functional groups attached to an aromatic ring is 1. The molecule has 76 valence electrons. The van der Waals surface area contributed by atoms with Gasteiger partial charge in [-0.25, -0.2) is 9.37 Å². The van der Waals surface area contributed by atoms with Crippen LogP contribution in [0, 0.1) is 5.82 Å². The molecule has 2 N–H and O–H groups in total. The average Bonchev–Trinajstić information content (AvgIpc) is 2.17. The highest BCUT2D eigenvalue weighted by Crippen LogP contribution is 2.22. The highest BCUT2D eigenvalue weighted by Gasteiger charge is 2.02. The van der Waals surface area contributed by atoms with Crippen LogP contribution in [0.25, 0.3) is 11.3 Å². The summed E-state index contributed by atoms with van der Waals surface area (Å²) in [7, 11) is 0. The number of nitrogens with zero attached hydrogens (tertiary/aromatic N) is 1. The lowest BCUT2D eigenvalue weighted by Gasteiger charge is -2.02. The minimum Gasteiger partial charge on any atom is -0.384 e. The van der Waals surface area contributed by atoms with Crippen molar-refractivity contribution in [2.75, 3.05) is 5.73 Å². The quantitative estimate of drug-likeness (QED) is 0.805.